The van der Waals surface area contributed by atoms with Crippen molar-refractivity contribution in [2.24, 2.45) is 0 Å². The van der Waals surface area contributed by atoms with E-state index in [1.807, 2.05) is 0 Å². The van der Waals surface area contributed by atoms with Gasteiger partial charge in [0.15, 0.2) is 0 Å². The lowest BCUT2D eigenvalue weighted by Crippen LogP contribution is -2.54. The summed E-state index contributed by atoms with van der Waals surface area (Å²) in [5.41, 5.74) is -1.02. The van der Waals surface area contributed by atoms with Crippen LogP contribution in [0.15, 0.2) is 29.2 Å². The van der Waals surface area contributed by atoms with Crippen LogP contribution in [0.2, 0.25) is 0 Å². The normalized spacial score (nSPS) is 17.5. The van der Waals surface area contributed by atoms with Crippen molar-refractivity contribution in [2.45, 2.75) is 68.8 Å². The fourth-order valence-electron chi connectivity index (χ4n) is 3.18. The summed E-state index contributed by atoms with van der Waals surface area (Å²) in [5, 5.41) is 12.3. The molecule has 1 aliphatic carbocycles. The van der Waals surface area contributed by atoms with Gasteiger partial charge in [-0.05, 0) is 51.0 Å². The highest BCUT2D eigenvalue weighted by Crippen LogP contribution is 2.28. The molecular formula is C18H26N2O5S. The fraction of sp³-hybridized carbons (Fsp3) is 0.556. The molecule has 1 saturated carbocycles. The van der Waals surface area contributed by atoms with Crippen molar-refractivity contribution < 1.29 is 23.1 Å². The Morgan fingerprint density at radius 1 is 1.04 bits per heavy atom. The van der Waals surface area contributed by atoms with Gasteiger partial charge >= 0.3 is 5.97 Å². The standard InChI is InChI=1S/C18H26N2O5S/c1-13(2)20-26(24,25)15-9-7-14(8-10-15)16(21)19-18(17(22)23)11-5-3-4-6-12-18/h7-10,13,20H,3-6,11-12H2,1-2H3,(H,19,21)(H,22,23). The van der Waals surface area contributed by atoms with Gasteiger partial charge in [0.1, 0.15) is 5.54 Å². The monoisotopic (exact) mass is 382 g/mol. The van der Waals surface area contributed by atoms with E-state index in [9.17, 15) is 23.1 Å². The molecule has 1 aromatic rings. The lowest BCUT2D eigenvalue weighted by atomic mass is 9.90. The second-order valence-electron chi connectivity index (χ2n) is 7.06. The molecule has 0 aromatic heterocycles. The van der Waals surface area contributed by atoms with Gasteiger partial charge in [-0.1, -0.05) is 25.7 Å². The third-order valence-electron chi connectivity index (χ3n) is 4.54. The van der Waals surface area contributed by atoms with Crippen molar-refractivity contribution in [3.8, 4) is 0 Å². The zero-order valence-electron chi connectivity index (χ0n) is 15.1. The molecule has 26 heavy (non-hydrogen) atoms. The van der Waals surface area contributed by atoms with Gasteiger partial charge in [0.2, 0.25) is 10.0 Å². The van der Waals surface area contributed by atoms with Crippen molar-refractivity contribution in [3.63, 3.8) is 0 Å². The molecule has 0 aliphatic heterocycles. The van der Waals surface area contributed by atoms with Gasteiger partial charge in [-0.15, -0.1) is 0 Å². The first-order valence-corrected chi connectivity index (χ1v) is 10.3. The number of hydrogen-bond donors (Lipinski definition) is 3. The van der Waals surface area contributed by atoms with Crippen molar-refractivity contribution >= 4 is 21.9 Å². The first kappa shape index (κ1) is 20.4. The lowest BCUT2D eigenvalue weighted by molar-refractivity contribution is -0.145. The minimum Gasteiger partial charge on any atom is -0.480 e. The summed E-state index contributed by atoms with van der Waals surface area (Å²) < 4.78 is 26.7. The molecule has 0 spiro atoms. The summed E-state index contributed by atoms with van der Waals surface area (Å²) in [5.74, 6) is -1.52. The molecule has 0 heterocycles. The van der Waals surface area contributed by atoms with Crippen LogP contribution >= 0.6 is 0 Å². The van der Waals surface area contributed by atoms with Crippen LogP contribution in [0.1, 0.15) is 62.7 Å². The zero-order valence-corrected chi connectivity index (χ0v) is 15.9. The van der Waals surface area contributed by atoms with E-state index in [0.29, 0.717) is 12.8 Å². The highest BCUT2D eigenvalue weighted by Gasteiger charge is 2.40. The Kier molecular flexibility index (Phi) is 6.41. The number of benzene rings is 1. The summed E-state index contributed by atoms with van der Waals surface area (Å²) in [7, 11) is -3.64. The summed E-state index contributed by atoms with van der Waals surface area (Å²) in [6.07, 6.45) is 4.23. The maximum Gasteiger partial charge on any atom is 0.329 e. The van der Waals surface area contributed by atoms with E-state index in [1.165, 1.54) is 24.3 Å². The molecule has 1 aromatic carbocycles. The number of carbonyl (C=O) groups excluding carboxylic acids is 1. The lowest BCUT2D eigenvalue weighted by Gasteiger charge is -2.29. The Morgan fingerprint density at radius 3 is 2.04 bits per heavy atom. The maximum absolute atomic E-state index is 12.5. The quantitative estimate of drug-likeness (QED) is 0.654. The smallest absolute Gasteiger partial charge is 0.329 e. The van der Waals surface area contributed by atoms with Crippen LogP contribution in [-0.4, -0.2) is 37.0 Å². The number of carboxylic acid groups (broad SMARTS) is 1. The minimum absolute atomic E-state index is 0.0603. The SMILES string of the molecule is CC(C)NS(=O)(=O)c1ccc(C(=O)NC2(C(=O)O)CCCCCC2)cc1. The van der Waals surface area contributed by atoms with Gasteiger partial charge in [0, 0.05) is 11.6 Å². The first-order chi connectivity index (χ1) is 12.2. The molecule has 0 atom stereocenters. The van der Waals surface area contributed by atoms with Crippen LogP contribution in [0, 0.1) is 0 Å². The number of nitrogens with one attached hydrogen (secondary N) is 2. The zero-order chi connectivity index (χ0) is 19.4. The topological polar surface area (TPSA) is 113 Å². The van der Waals surface area contributed by atoms with Crippen LogP contribution in [-0.2, 0) is 14.8 Å². The van der Waals surface area contributed by atoms with E-state index in [1.54, 1.807) is 13.8 Å². The van der Waals surface area contributed by atoms with E-state index < -0.39 is 27.4 Å². The number of aliphatic carboxylic acids is 1. The molecular weight excluding hydrogens is 356 g/mol. The van der Waals surface area contributed by atoms with E-state index in [0.717, 1.165) is 25.7 Å². The summed E-state index contributed by atoms with van der Waals surface area (Å²) in [4.78, 5) is 24.4. The first-order valence-electron chi connectivity index (χ1n) is 8.85. The molecule has 144 valence electrons. The van der Waals surface area contributed by atoms with Crippen LogP contribution in [0.5, 0.6) is 0 Å². The largest absolute Gasteiger partial charge is 0.480 e. The maximum atomic E-state index is 12.5. The van der Waals surface area contributed by atoms with Gasteiger partial charge < -0.3 is 10.4 Å². The Balaban J connectivity index is 2.18. The molecule has 1 amide bonds. The fourth-order valence-corrected chi connectivity index (χ4v) is 4.43. The predicted octanol–water partition coefficient (Wildman–Crippen LogP) is 2.28. The van der Waals surface area contributed by atoms with Crippen molar-refractivity contribution in [1.29, 1.82) is 0 Å². The summed E-state index contributed by atoms with van der Waals surface area (Å²) >= 11 is 0. The third-order valence-corrected chi connectivity index (χ3v) is 6.21. The van der Waals surface area contributed by atoms with Gasteiger partial charge in [0.05, 0.1) is 4.90 Å². The minimum atomic E-state index is -3.64. The molecule has 0 bridgehead atoms. The molecule has 0 unspecified atom stereocenters. The van der Waals surface area contributed by atoms with Gasteiger partial charge in [0.25, 0.3) is 5.91 Å². The van der Waals surface area contributed by atoms with Gasteiger partial charge in [-0.3, -0.25) is 4.79 Å². The molecule has 3 N–H and O–H groups in total. The van der Waals surface area contributed by atoms with E-state index in [-0.39, 0.29) is 16.5 Å². The highest BCUT2D eigenvalue weighted by atomic mass is 32.2. The van der Waals surface area contributed by atoms with Gasteiger partial charge in [-0.2, -0.15) is 0 Å². The van der Waals surface area contributed by atoms with E-state index >= 15 is 0 Å². The average Bonchev–Trinajstić information content (AvgIpc) is 2.80. The molecule has 1 fully saturated rings. The highest BCUT2D eigenvalue weighted by molar-refractivity contribution is 7.89. The second-order valence-corrected chi connectivity index (χ2v) is 8.77. The predicted molar refractivity (Wildman–Crippen MR) is 97.4 cm³/mol. The molecule has 0 radical (unpaired) electrons. The summed E-state index contributed by atoms with van der Waals surface area (Å²) in [6, 6.07) is 5.25. The average molecular weight is 382 g/mol. The molecule has 7 nitrogen and oxygen atoms in total. The molecule has 8 heteroatoms. The third kappa shape index (κ3) is 4.82. The summed E-state index contributed by atoms with van der Waals surface area (Å²) in [6.45, 7) is 3.44. The molecule has 2 rings (SSSR count). The molecule has 1 aliphatic rings. The number of sulfonamides is 1. The van der Waals surface area contributed by atoms with Crippen LogP contribution in [0.4, 0.5) is 0 Å². The van der Waals surface area contributed by atoms with Crippen molar-refractivity contribution in [2.75, 3.05) is 0 Å². The van der Waals surface area contributed by atoms with Crippen molar-refractivity contribution in [3.05, 3.63) is 29.8 Å². The van der Waals surface area contributed by atoms with Crippen LogP contribution in [0.3, 0.4) is 0 Å². The molecule has 0 saturated heterocycles. The Hall–Kier alpha value is -1.93. The van der Waals surface area contributed by atoms with Crippen LogP contribution < -0.4 is 10.0 Å². The van der Waals surface area contributed by atoms with Crippen LogP contribution in [0.25, 0.3) is 0 Å². The Morgan fingerprint density at radius 2 is 1.58 bits per heavy atom. The number of carboxylic acids is 1. The number of hydrogen-bond acceptors (Lipinski definition) is 4. The second kappa shape index (κ2) is 8.18. The number of carbonyl (C=O) groups is 2. The van der Waals surface area contributed by atoms with Crippen molar-refractivity contribution in [1.82, 2.24) is 10.0 Å². The Labute approximate surface area is 154 Å². The number of rotatable bonds is 6. The van der Waals surface area contributed by atoms with Gasteiger partial charge in [-0.25, -0.2) is 17.9 Å². The van der Waals surface area contributed by atoms with E-state index in [4.69, 9.17) is 0 Å². The van der Waals surface area contributed by atoms with E-state index in [2.05, 4.69) is 10.0 Å². The Bertz CT molecular complexity index is 748. The number of amides is 1.